The number of rotatable bonds is 2. The average molecular weight is 214 g/mol. The first kappa shape index (κ1) is 11.8. The maximum absolute atomic E-state index is 11.4. The van der Waals surface area contributed by atoms with E-state index in [4.69, 9.17) is 4.74 Å². The SMILES string of the molecule is CCOC(=O)N1CCN(C(=O)CC)CC1. The average Bonchev–Trinajstić information content (AvgIpc) is 2.28. The number of amides is 2. The van der Waals surface area contributed by atoms with E-state index in [9.17, 15) is 9.59 Å². The lowest BCUT2D eigenvalue weighted by Gasteiger charge is -2.33. The van der Waals surface area contributed by atoms with Crippen LogP contribution < -0.4 is 0 Å². The van der Waals surface area contributed by atoms with Crippen LogP contribution in [0.2, 0.25) is 0 Å². The van der Waals surface area contributed by atoms with E-state index in [1.807, 2.05) is 6.92 Å². The van der Waals surface area contributed by atoms with Crippen LogP contribution in [0, 0.1) is 0 Å². The molecule has 15 heavy (non-hydrogen) atoms. The highest BCUT2D eigenvalue weighted by Gasteiger charge is 2.23. The number of carbonyl (C=O) groups is 2. The van der Waals surface area contributed by atoms with Crippen molar-refractivity contribution in [1.29, 1.82) is 0 Å². The van der Waals surface area contributed by atoms with Gasteiger partial charge in [-0.3, -0.25) is 4.79 Å². The van der Waals surface area contributed by atoms with Gasteiger partial charge in [0.15, 0.2) is 0 Å². The van der Waals surface area contributed by atoms with Gasteiger partial charge in [-0.2, -0.15) is 0 Å². The molecular formula is C10H18N2O3. The van der Waals surface area contributed by atoms with Crippen LogP contribution in [0.25, 0.3) is 0 Å². The van der Waals surface area contributed by atoms with E-state index in [1.54, 1.807) is 16.7 Å². The zero-order chi connectivity index (χ0) is 11.3. The first-order valence-electron chi connectivity index (χ1n) is 5.38. The molecule has 1 rings (SSSR count). The van der Waals surface area contributed by atoms with Crippen molar-refractivity contribution in [2.24, 2.45) is 0 Å². The van der Waals surface area contributed by atoms with Crippen molar-refractivity contribution < 1.29 is 14.3 Å². The minimum atomic E-state index is -0.277. The summed E-state index contributed by atoms with van der Waals surface area (Å²) in [5.74, 6) is 0.151. The highest BCUT2D eigenvalue weighted by Crippen LogP contribution is 2.05. The fraction of sp³-hybridized carbons (Fsp3) is 0.800. The largest absolute Gasteiger partial charge is 0.450 e. The molecule has 0 unspecified atom stereocenters. The molecular weight excluding hydrogens is 196 g/mol. The van der Waals surface area contributed by atoms with E-state index in [0.717, 1.165) is 0 Å². The fourth-order valence-corrected chi connectivity index (χ4v) is 1.58. The zero-order valence-electron chi connectivity index (χ0n) is 9.36. The summed E-state index contributed by atoms with van der Waals surface area (Å²) < 4.78 is 4.89. The predicted molar refractivity (Wildman–Crippen MR) is 55.5 cm³/mol. The molecule has 0 spiro atoms. The van der Waals surface area contributed by atoms with Crippen LogP contribution in [0.15, 0.2) is 0 Å². The molecule has 1 aliphatic heterocycles. The normalized spacial score (nSPS) is 16.4. The second-order valence-corrected chi connectivity index (χ2v) is 3.42. The minimum Gasteiger partial charge on any atom is -0.450 e. The standard InChI is InChI=1S/C10H18N2O3/c1-3-9(13)11-5-7-12(8-6-11)10(14)15-4-2/h3-8H2,1-2H3. The van der Waals surface area contributed by atoms with Crippen molar-refractivity contribution in [2.75, 3.05) is 32.8 Å². The summed E-state index contributed by atoms with van der Waals surface area (Å²) in [5, 5.41) is 0. The van der Waals surface area contributed by atoms with Gasteiger partial charge in [0, 0.05) is 32.6 Å². The molecule has 0 atom stereocenters. The second kappa shape index (κ2) is 5.58. The summed E-state index contributed by atoms with van der Waals surface area (Å²) in [7, 11) is 0. The fourth-order valence-electron chi connectivity index (χ4n) is 1.58. The molecule has 1 saturated heterocycles. The number of nitrogens with zero attached hydrogens (tertiary/aromatic N) is 2. The van der Waals surface area contributed by atoms with Crippen molar-refractivity contribution >= 4 is 12.0 Å². The molecule has 2 amide bonds. The van der Waals surface area contributed by atoms with E-state index in [0.29, 0.717) is 39.2 Å². The smallest absolute Gasteiger partial charge is 0.409 e. The molecule has 0 radical (unpaired) electrons. The second-order valence-electron chi connectivity index (χ2n) is 3.42. The molecule has 0 aliphatic carbocycles. The lowest BCUT2D eigenvalue weighted by Crippen LogP contribution is -2.50. The van der Waals surface area contributed by atoms with Crippen LogP contribution in [-0.4, -0.2) is 54.6 Å². The highest BCUT2D eigenvalue weighted by molar-refractivity contribution is 5.76. The Morgan fingerprint density at radius 1 is 1.07 bits per heavy atom. The number of hydrogen-bond acceptors (Lipinski definition) is 3. The van der Waals surface area contributed by atoms with Gasteiger partial charge in [0.2, 0.25) is 5.91 Å². The lowest BCUT2D eigenvalue weighted by molar-refractivity contribution is -0.132. The minimum absolute atomic E-state index is 0.151. The van der Waals surface area contributed by atoms with E-state index in [2.05, 4.69) is 0 Å². The maximum atomic E-state index is 11.4. The van der Waals surface area contributed by atoms with Gasteiger partial charge < -0.3 is 14.5 Å². The molecule has 1 fully saturated rings. The molecule has 0 N–H and O–H groups in total. The van der Waals surface area contributed by atoms with Crippen LogP contribution in [0.3, 0.4) is 0 Å². The highest BCUT2D eigenvalue weighted by atomic mass is 16.6. The van der Waals surface area contributed by atoms with Gasteiger partial charge in [-0.15, -0.1) is 0 Å². The zero-order valence-corrected chi connectivity index (χ0v) is 9.36. The molecule has 0 aromatic rings. The monoisotopic (exact) mass is 214 g/mol. The number of piperazine rings is 1. The Kier molecular flexibility index (Phi) is 4.39. The predicted octanol–water partition coefficient (Wildman–Crippen LogP) is 0.697. The maximum Gasteiger partial charge on any atom is 0.409 e. The number of ether oxygens (including phenoxy) is 1. The van der Waals surface area contributed by atoms with Gasteiger partial charge in [0.25, 0.3) is 0 Å². The molecule has 0 saturated carbocycles. The Hall–Kier alpha value is -1.26. The van der Waals surface area contributed by atoms with Gasteiger partial charge in [0.1, 0.15) is 0 Å². The summed E-state index contributed by atoms with van der Waals surface area (Å²) in [6.07, 6.45) is 0.250. The van der Waals surface area contributed by atoms with Crippen LogP contribution >= 0.6 is 0 Å². The Morgan fingerprint density at radius 2 is 1.60 bits per heavy atom. The molecule has 0 bridgehead atoms. The van der Waals surface area contributed by atoms with E-state index >= 15 is 0 Å². The van der Waals surface area contributed by atoms with Gasteiger partial charge >= 0.3 is 6.09 Å². The molecule has 0 aromatic carbocycles. The summed E-state index contributed by atoms with van der Waals surface area (Å²) in [6.45, 7) is 6.41. The topological polar surface area (TPSA) is 49.9 Å². The van der Waals surface area contributed by atoms with Gasteiger partial charge in [-0.05, 0) is 6.92 Å². The molecule has 0 aromatic heterocycles. The van der Waals surface area contributed by atoms with E-state index in [-0.39, 0.29) is 12.0 Å². The Bertz CT molecular complexity index is 235. The molecule has 1 heterocycles. The Labute approximate surface area is 90.0 Å². The third kappa shape index (κ3) is 3.11. The first-order chi connectivity index (χ1) is 7.19. The third-order valence-corrected chi connectivity index (χ3v) is 2.46. The van der Waals surface area contributed by atoms with Crippen molar-refractivity contribution in [3.8, 4) is 0 Å². The van der Waals surface area contributed by atoms with Crippen LogP contribution in [0.4, 0.5) is 4.79 Å². The van der Waals surface area contributed by atoms with Crippen LogP contribution in [0.1, 0.15) is 20.3 Å². The van der Waals surface area contributed by atoms with E-state index in [1.165, 1.54) is 0 Å². The van der Waals surface area contributed by atoms with Crippen molar-refractivity contribution in [1.82, 2.24) is 9.80 Å². The molecule has 1 aliphatic rings. The van der Waals surface area contributed by atoms with Crippen LogP contribution in [-0.2, 0) is 9.53 Å². The van der Waals surface area contributed by atoms with Crippen molar-refractivity contribution in [3.05, 3.63) is 0 Å². The molecule has 86 valence electrons. The first-order valence-corrected chi connectivity index (χ1v) is 5.38. The van der Waals surface area contributed by atoms with E-state index < -0.39 is 0 Å². The van der Waals surface area contributed by atoms with Gasteiger partial charge in [-0.25, -0.2) is 4.79 Å². The lowest BCUT2D eigenvalue weighted by atomic mass is 10.3. The number of hydrogen-bond donors (Lipinski definition) is 0. The summed E-state index contributed by atoms with van der Waals surface area (Å²) in [6, 6.07) is 0. The third-order valence-electron chi connectivity index (χ3n) is 2.46. The quantitative estimate of drug-likeness (QED) is 0.679. The Morgan fingerprint density at radius 3 is 2.07 bits per heavy atom. The van der Waals surface area contributed by atoms with Crippen LogP contribution in [0.5, 0.6) is 0 Å². The van der Waals surface area contributed by atoms with Crippen molar-refractivity contribution in [2.45, 2.75) is 20.3 Å². The van der Waals surface area contributed by atoms with Crippen molar-refractivity contribution in [3.63, 3.8) is 0 Å². The van der Waals surface area contributed by atoms with Gasteiger partial charge in [-0.1, -0.05) is 6.92 Å². The molecule has 5 heteroatoms. The summed E-state index contributed by atoms with van der Waals surface area (Å²) >= 11 is 0. The molecule has 5 nitrogen and oxygen atoms in total. The number of carbonyl (C=O) groups excluding carboxylic acids is 2. The Balaban J connectivity index is 2.35. The summed E-state index contributed by atoms with van der Waals surface area (Å²) in [5.41, 5.74) is 0. The summed E-state index contributed by atoms with van der Waals surface area (Å²) in [4.78, 5) is 26.1. The van der Waals surface area contributed by atoms with Gasteiger partial charge in [0.05, 0.1) is 6.61 Å².